The molecule has 2 N–H and O–H groups in total. The maximum atomic E-state index is 13.0. The molecule has 2 aromatic heterocycles. The molecule has 11 nitrogen and oxygen atoms in total. The van der Waals surface area contributed by atoms with Crippen LogP contribution < -0.4 is 15.0 Å². The summed E-state index contributed by atoms with van der Waals surface area (Å²) >= 11 is 0. The van der Waals surface area contributed by atoms with Gasteiger partial charge in [-0.2, -0.15) is 13.2 Å². The zero-order valence-electron chi connectivity index (χ0n) is 22.8. The van der Waals surface area contributed by atoms with Gasteiger partial charge in [-0.1, -0.05) is 6.07 Å². The van der Waals surface area contributed by atoms with Gasteiger partial charge in [0.1, 0.15) is 5.82 Å². The number of fused-ring (bicyclic) bond motifs is 1. The third-order valence-corrected chi connectivity index (χ3v) is 6.42. The first-order chi connectivity index (χ1) is 19.9. The second-order valence-corrected chi connectivity index (χ2v) is 9.15. The SMILES string of the molecule is COc1ccc(-c2cc(-c3nc4ccc(C(=O)N5CCOCC5)cc4[nH]3)c(=O)n(C)c2)cc1OC.O=C(O)C(F)(F)F. The molecule has 1 fully saturated rings. The average Bonchev–Trinajstić information content (AvgIpc) is 3.41. The number of hydrogen-bond donors (Lipinski definition) is 2. The van der Waals surface area contributed by atoms with E-state index in [1.807, 2.05) is 18.2 Å². The minimum atomic E-state index is -5.08. The summed E-state index contributed by atoms with van der Waals surface area (Å²) in [4.78, 5) is 44.4. The number of nitrogens with one attached hydrogen (secondary N) is 1. The molecule has 0 radical (unpaired) electrons. The Morgan fingerprint density at radius 2 is 1.67 bits per heavy atom. The van der Waals surface area contributed by atoms with Crippen molar-refractivity contribution in [2.24, 2.45) is 7.05 Å². The van der Waals surface area contributed by atoms with E-state index < -0.39 is 12.1 Å². The predicted molar refractivity (Wildman–Crippen MR) is 146 cm³/mol. The lowest BCUT2D eigenvalue weighted by atomic mass is 10.0. The molecule has 0 saturated carbocycles. The normalized spacial score (nSPS) is 13.3. The molecule has 1 aliphatic heterocycles. The van der Waals surface area contributed by atoms with Crippen molar-refractivity contribution in [3.8, 4) is 34.0 Å². The standard InChI is InChI=1S/C26H26N4O5.C2HF3O2/c1-29-15-18(16-5-7-22(33-2)23(14-16)34-3)12-19(26(29)32)24-27-20-6-4-17(13-21(20)28-24)25(31)30-8-10-35-11-9-30;3-2(4,5)1(6)7/h4-7,12-15H,8-11H2,1-3H3,(H,27,28);(H,6,7). The number of pyridine rings is 1. The van der Waals surface area contributed by atoms with Gasteiger partial charge in [-0.3, -0.25) is 9.59 Å². The number of aryl methyl sites for hydroxylation is 1. The highest BCUT2D eigenvalue weighted by Crippen LogP contribution is 2.33. The molecule has 3 heterocycles. The minimum Gasteiger partial charge on any atom is -0.493 e. The first-order valence-corrected chi connectivity index (χ1v) is 12.5. The number of alkyl halides is 3. The second-order valence-electron chi connectivity index (χ2n) is 9.15. The highest BCUT2D eigenvalue weighted by Gasteiger charge is 2.38. The minimum absolute atomic E-state index is 0.0438. The van der Waals surface area contributed by atoms with Crippen LogP contribution in [0.25, 0.3) is 33.5 Å². The van der Waals surface area contributed by atoms with Gasteiger partial charge in [0.05, 0.1) is 44.0 Å². The molecule has 0 bridgehead atoms. The fraction of sp³-hybridized carbons (Fsp3) is 0.286. The Labute approximate surface area is 237 Å². The second kappa shape index (κ2) is 12.3. The molecular weight excluding hydrogens is 561 g/mol. The smallest absolute Gasteiger partial charge is 0.490 e. The van der Waals surface area contributed by atoms with Crippen LogP contribution in [0.2, 0.25) is 0 Å². The maximum absolute atomic E-state index is 13.0. The van der Waals surface area contributed by atoms with Crippen LogP contribution in [-0.4, -0.2) is 83.1 Å². The van der Waals surface area contributed by atoms with E-state index >= 15 is 0 Å². The van der Waals surface area contributed by atoms with E-state index in [9.17, 15) is 22.8 Å². The van der Waals surface area contributed by atoms with Gasteiger partial charge >= 0.3 is 12.1 Å². The summed E-state index contributed by atoms with van der Waals surface area (Å²) in [6, 6.07) is 12.8. The van der Waals surface area contributed by atoms with Gasteiger partial charge in [-0.25, -0.2) is 9.78 Å². The number of aromatic nitrogens is 3. The Morgan fingerprint density at radius 3 is 2.29 bits per heavy atom. The van der Waals surface area contributed by atoms with Crippen LogP contribution in [0.4, 0.5) is 13.2 Å². The van der Waals surface area contributed by atoms with E-state index in [2.05, 4.69) is 9.97 Å². The number of nitrogens with zero attached hydrogens (tertiary/aromatic N) is 3. The van der Waals surface area contributed by atoms with Crippen molar-refractivity contribution in [1.29, 1.82) is 0 Å². The number of halogens is 3. The third-order valence-electron chi connectivity index (χ3n) is 6.42. The van der Waals surface area contributed by atoms with E-state index in [0.29, 0.717) is 65.8 Å². The van der Waals surface area contributed by atoms with E-state index in [4.69, 9.17) is 24.1 Å². The molecule has 5 rings (SSSR count). The van der Waals surface area contributed by atoms with E-state index in [0.717, 1.165) is 11.1 Å². The summed E-state index contributed by atoms with van der Waals surface area (Å²) in [6.45, 7) is 2.23. The monoisotopic (exact) mass is 588 g/mol. The molecule has 0 unspecified atom stereocenters. The number of aliphatic carboxylic acids is 1. The predicted octanol–water partition coefficient (Wildman–Crippen LogP) is 3.72. The number of benzene rings is 2. The Balaban J connectivity index is 0.000000517. The number of carboxylic acids is 1. The lowest BCUT2D eigenvalue weighted by molar-refractivity contribution is -0.192. The third kappa shape index (κ3) is 6.54. The molecule has 0 aliphatic carbocycles. The first-order valence-electron chi connectivity index (χ1n) is 12.5. The average molecular weight is 589 g/mol. The maximum Gasteiger partial charge on any atom is 0.490 e. The van der Waals surface area contributed by atoms with Crippen molar-refractivity contribution in [2.75, 3.05) is 40.5 Å². The molecule has 222 valence electrons. The number of hydrogen-bond acceptors (Lipinski definition) is 7. The lowest BCUT2D eigenvalue weighted by Crippen LogP contribution is -2.40. The highest BCUT2D eigenvalue weighted by molar-refractivity contribution is 5.97. The van der Waals surface area contributed by atoms with Gasteiger partial charge in [0.15, 0.2) is 11.5 Å². The molecule has 42 heavy (non-hydrogen) atoms. The molecule has 4 aromatic rings. The topological polar surface area (TPSA) is 136 Å². The van der Waals surface area contributed by atoms with Crippen LogP contribution in [0.1, 0.15) is 10.4 Å². The summed E-state index contributed by atoms with van der Waals surface area (Å²) in [5.41, 5.74) is 3.88. The van der Waals surface area contributed by atoms with Crippen LogP contribution >= 0.6 is 0 Å². The Kier molecular flexibility index (Phi) is 8.85. The number of methoxy groups -OCH3 is 2. The van der Waals surface area contributed by atoms with Crippen LogP contribution in [0.3, 0.4) is 0 Å². The van der Waals surface area contributed by atoms with Gasteiger partial charge in [0.2, 0.25) is 0 Å². The number of carbonyl (C=O) groups is 2. The van der Waals surface area contributed by atoms with Crippen molar-refractivity contribution in [2.45, 2.75) is 6.18 Å². The van der Waals surface area contributed by atoms with Crippen molar-refractivity contribution in [3.63, 3.8) is 0 Å². The van der Waals surface area contributed by atoms with Gasteiger partial charge < -0.3 is 33.8 Å². The van der Waals surface area contributed by atoms with E-state index in [-0.39, 0.29) is 11.5 Å². The van der Waals surface area contributed by atoms with Gasteiger partial charge in [-0.15, -0.1) is 0 Å². The van der Waals surface area contributed by atoms with Crippen LogP contribution in [-0.2, 0) is 16.6 Å². The number of rotatable bonds is 5. The fourth-order valence-corrected chi connectivity index (χ4v) is 4.27. The quantitative estimate of drug-likeness (QED) is 0.360. The fourth-order valence-electron chi connectivity index (χ4n) is 4.27. The highest BCUT2D eigenvalue weighted by atomic mass is 19.4. The van der Waals surface area contributed by atoms with Gasteiger partial charge in [0.25, 0.3) is 11.5 Å². The number of carboxylic acid groups (broad SMARTS) is 1. The number of aromatic amines is 1. The largest absolute Gasteiger partial charge is 0.493 e. The van der Waals surface area contributed by atoms with Gasteiger partial charge in [-0.05, 0) is 47.5 Å². The number of H-pyrrole nitrogens is 1. The van der Waals surface area contributed by atoms with Crippen molar-refractivity contribution >= 4 is 22.9 Å². The zero-order valence-corrected chi connectivity index (χ0v) is 22.8. The van der Waals surface area contributed by atoms with E-state index in [1.54, 1.807) is 56.6 Å². The van der Waals surface area contributed by atoms with Gasteiger partial charge in [0, 0.05) is 31.9 Å². The molecule has 1 amide bonds. The molecule has 0 atom stereocenters. The summed E-state index contributed by atoms with van der Waals surface area (Å²) in [5.74, 6) is -1.13. The van der Waals surface area contributed by atoms with Crippen molar-refractivity contribution < 1.29 is 42.1 Å². The number of imidazole rings is 1. The molecule has 1 aliphatic rings. The molecule has 2 aromatic carbocycles. The number of amides is 1. The molecule has 1 saturated heterocycles. The number of carbonyl (C=O) groups excluding carboxylic acids is 1. The zero-order chi connectivity index (χ0) is 30.6. The Morgan fingerprint density at radius 1 is 1.00 bits per heavy atom. The summed E-state index contributed by atoms with van der Waals surface area (Å²) < 4.78 is 49.4. The number of morpholine rings is 1. The van der Waals surface area contributed by atoms with E-state index in [1.165, 1.54) is 4.57 Å². The van der Waals surface area contributed by atoms with Crippen LogP contribution in [0.15, 0.2) is 53.5 Å². The lowest BCUT2D eigenvalue weighted by Gasteiger charge is -2.26. The first kappa shape index (κ1) is 30.1. The molecular formula is C28H27F3N4O7. The van der Waals surface area contributed by atoms with Crippen LogP contribution in [0, 0.1) is 0 Å². The summed E-state index contributed by atoms with van der Waals surface area (Å²) in [5, 5.41) is 7.12. The molecule has 14 heteroatoms. The summed E-state index contributed by atoms with van der Waals surface area (Å²) in [6.07, 6.45) is -3.31. The summed E-state index contributed by atoms with van der Waals surface area (Å²) in [7, 11) is 4.88. The molecule has 0 spiro atoms. The van der Waals surface area contributed by atoms with Crippen LogP contribution in [0.5, 0.6) is 11.5 Å². The Bertz CT molecular complexity index is 1670. The van der Waals surface area contributed by atoms with Crippen molar-refractivity contribution in [3.05, 3.63) is 64.6 Å². The Hall–Kier alpha value is -4.85. The van der Waals surface area contributed by atoms with Crippen molar-refractivity contribution in [1.82, 2.24) is 19.4 Å². The number of ether oxygens (including phenoxy) is 3.